The van der Waals surface area contributed by atoms with Crippen LogP contribution < -0.4 is 10.0 Å². The van der Waals surface area contributed by atoms with Crippen molar-refractivity contribution in [3.63, 3.8) is 0 Å². The predicted molar refractivity (Wildman–Crippen MR) is 81.7 cm³/mol. The lowest BCUT2D eigenvalue weighted by Gasteiger charge is -2.12. The molecule has 0 unspecified atom stereocenters. The third-order valence-electron chi connectivity index (χ3n) is 3.00. The van der Waals surface area contributed by atoms with Crippen molar-refractivity contribution in [2.45, 2.75) is 18.7 Å². The standard InChI is InChI=1S/C15H16N2O3S/c1-11-7-6-8-12(2)14(11)16-15(18)17-21(19,20)13-9-4-3-5-10-13/h3-10H,1-2H3,(H2,16,17,18). The third kappa shape index (κ3) is 3.61. The Kier molecular flexibility index (Phi) is 4.28. The van der Waals surface area contributed by atoms with Crippen LogP contribution in [0.5, 0.6) is 0 Å². The molecule has 0 saturated heterocycles. The van der Waals surface area contributed by atoms with E-state index < -0.39 is 16.1 Å². The number of anilines is 1. The molecule has 0 fully saturated rings. The highest BCUT2D eigenvalue weighted by Gasteiger charge is 2.17. The number of nitrogens with one attached hydrogen (secondary N) is 2. The van der Waals surface area contributed by atoms with Gasteiger partial charge < -0.3 is 5.32 Å². The molecule has 6 heteroatoms. The monoisotopic (exact) mass is 304 g/mol. The molecule has 5 nitrogen and oxygen atoms in total. The summed E-state index contributed by atoms with van der Waals surface area (Å²) in [6, 6.07) is 12.5. The normalized spacial score (nSPS) is 11.0. The zero-order valence-corrected chi connectivity index (χ0v) is 12.6. The Bertz CT molecular complexity index is 735. The van der Waals surface area contributed by atoms with Crippen LogP contribution in [0.15, 0.2) is 53.4 Å². The number of rotatable bonds is 3. The molecule has 2 N–H and O–H groups in total. The van der Waals surface area contributed by atoms with Gasteiger partial charge in [0.05, 0.1) is 4.90 Å². The van der Waals surface area contributed by atoms with E-state index in [1.807, 2.05) is 36.8 Å². The number of carbonyl (C=O) groups excluding carboxylic acids is 1. The average Bonchev–Trinajstić information content (AvgIpc) is 2.43. The van der Waals surface area contributed by atoms with E-state index in [1.54, 1.807) is 18.2 Å². The molecule has 2 amide bonds. The van der Waals surface area contributed by atoms with E-state index in [2.05, 4.69) is 5.32 Å². The van der Waals surface area contributed by atoms with Crippen LogP contribution in [-0.2, 0) is 10.0 Å². The Morgan fingerprint density at radius 2 is 1.48 bits per heavy atom. The van der Waals surface area contributed by atoms with E-state index in [9.17, 15) is 13.2 Å². The molecule has 0 saturated carbocycles. The summed E-state index contributed by atoms with van der Waals surface area (Å²) >= 11 is 0. The van der Waals surface area contributed by atoms with Gasteiger partial charge in [0.15, 0.2) is 0 Å². The Morgan fingerprint density at radius 1 is 0.905 bits per heavy atom. The zero-order chi connectivity index (χ0) is 15.5. The van der Waals surface area contributed by atoms with Gasteiger partial charge in [0.25, 0.3) is 10.0 Å². The van der Waals surface area contributed by atoms with E-state index in [4.69, 9.17) is 0 Å². The molecule has 2 rings (SSSR count). The van der Waals surface area contributed by atoms with Crippen molar-refractivity contribution in [2.75, 3.05) is 5.32 Å². The van der Waals surface area contributed by atoms with Crippen LogP contribution in [-0.4, -0.2) is 14.4 Å². The van der Waals surface area contributed by atoms with Crippen molar-refractivity contribution in [2.24, 2.45) is 0 Å². The van der Waals surface area contributed by atoms with E-state index in [0.29, 0.717) is 5.69 Å². The molecule has 0 radical (unpaired) electrons. The van der Waals surface area contributed by atoms with Crippen LogP contribution in [0.2, 0.25) is 0 Å². The Labute approximate surface area is 124 Å². The first kappa shape index (κ1) is 15.1. The highest BCUT2D eigenvalue weighted by molar-refractivity contribution is 7.90. The lowest BCUT2D eigenvalue weighted by molar-refractivity contribution is 0.256. The predicted octanol–water partition coefficient (Wildman–Crippen LogP) is 2.81. The van der Waals surface area contributed by atoms with Gasteiger partial charge in [0.1, 0.15) is 0 Å². The van der Waals surface area contributed by atoms with Crippen LogP contribution in [0.3, 0.4) is 0 Å². The van der Waals surface area contributed by atoms with Gasteiger partial charge in [-0.2, -0.15) is 0 Å². The minimum absolute atomic E-state index is 0.0432. The smallest absolute Gasteiger partial charge is 0.307 e. The second kappa shape index (κ2) is 5.97. The summed E-state index contributed by atoms with van der Waals surface area (Å²) < 4.78 is 26.1. The number of sulfonamides is 1. The highest BCUT2D eigenvalue weighted by Crippen LogP contribution is 2.19. The van der Waals surface area contributed by atoms with E-state index in [-0.39, 0.29) is 4.90 Å². The molecule has 0 spiro atoms. The average molecular weight is 304 g/mol. The fourth-order valence-corrected chi connectivity index (χ4v) is 2.86. The van der Waals surface area contributed by atoms with Gasteiger partial charge in [-0.05, 0) is 37.1 Å². The van der Waals surface area contributed by atoms with Crippen molar-refractivity contribution in [1.82, 2.24) is 4.72 Å². The number of urea groups is 1. The van der Waals surface area contributed by atoms with Gasteiger partial charge in [-0.15, -0.1) is 0 Å². The molecular weight excluding hydrogens is 288 g/mol. The van der Waals surface area contributed by atoms with Gasteiger partial charge in [-0.25, -0.2) is 17.9 Å². The van der Waals surface area contributed by atoms with Crippen molar-refractivity contribution in [3.05, 3.63) is 59.7 Å². The van der Waals surface area contributed by atoms with Gasteiger partial charge in [-0.3, -0.25) is 0 Å². The maximum atomic E-state index is 12.0. The van der Waals surface area contributed by atoms with Crippen LogP contribution in [0, 0.1) is 13.8 Å². The van der Waals surface area contributed by atoms with Gasteiger partial charge >= 0.3 is 6.03 Å². The first-order valence-electron chi connectivity index (χ1n) is 6.35. The van der Waals surface area contributed by atoms with E-state index >= 15 is 0 Å². The van der Waals surface area contributed by atoms with Crippen LogP contribution in [0.1, 0.15) is 11.1 Å². The lowest BCUT2D eigenvalue weighted by Crippen LogP contribution is -2.34. The number of benzene rings is 2. The molecule has 0 aliphatic heterocycles. The molecule has 110 valence electrons. The summed E-state index contributed by atoms with van der Waals surface area (Å²) in [4.78, 5) is 11.9. The summed E-state index contributed by atoms with van der Waals surface area (Å²) in [6.45, 7) is 3.68. The minimum Gasteiger partial charge on any atom is -0.307 e. The number of amides is 2. The first-order chi connectivity index (χ1) is 9.90. The second-order valence-electron chi connectivity index (χ2n) is 4.64. The molecular formula is C15H16N2O3S. The summed E-state index contributed by atoms with van der Waals surface area (Å²) in [6.07, 6.45) is 0. The number of hydrogen-bond donors (Lipinski definition) is 2. The fourth-order valence-electron chi connectivity index (χ4n) is 1.93. The largest absolute Gasteiger partial charge is 0.333 e. The molecule has 21 heavy (non-hydrogen) atoms. The second-order valence-corrected chi connectivity index (χ2v) is 6.32. The number of hydrogen-bond acceptors (Lipinski definition) is 3. The summed E-state index contributed by atoms with van der Waals surface area (Å²) in [5, 5.41) is 2.58. The summed E-state index contributed by atoms with van der Waals surface area (Å²) in [7, 11) is -3.87. The maximum Gasteiger partial charge on any atom is 0.333 e. The maximum absolute atomic E-state index is 12.0. The van der Waals surface area contributed by atoms with Crippen LogP contribution >= 0.6 is 0 Å². The SMILES string of the molecule is Cc1cccc(C)c1NC(=O)NS(=O)(=O)c1ccccc1. The Balaban J connectivity index is 2.16. The van der Waals surface area contributed by atoms with Gasteiger partial charge in [0.2, 0.25) is 0 Å². The molecule has 0 heterocycles. The van der Waals surface area contributed by atoms with Gasteiger partial charge in [-0.1, -0.05) is 36.4 Å². The first-order valence-corrected chi connectivity index (χ1v) is 7.83. The molecule has 0 atom stereocenters. The van der Waals surface area contributed by atoms with Crippen molar-refractivity contribution in [1.29, 1.82) is 0 Å². The summed E-state index contributed by atoms with van der Waals surface area (Å²) in [5.41, 5.74) is 2.34. The molecule has 0 aromatic heterocycles. The highest BCUT2D eigenvalue weighted by atomic mass is 32.2. The van der Waals surface area contributed by atoms with Crippen LogP contribution in [0.4, 0.5) is 10.5 Å². The van der Waals surface area contributed by atoms with E-state index in [1.165, 1.54) is 12.1 Å². The zero-order valence-electron chi connectivity index (χ0n) is 11.8. The van der Waals surface area contributed by atoms with Crippen molar-refractivity contribution in [3.8, 4) is 0 Å². The quantitative estimate of drug-likeness (QED) is 0.915. The third-order valence-corrected chi connectivity index (χ3v) is 4.35. The number of carbonyl (C=O) groups is 1. The van der Waals surface area contributed by atoms with Crippen LogP contribution in [0.25, 0.3) is 0 Å². The number of aryl methyl sites for hydroxylation is 2. The molecule has 2 aromatic carbocycles. The Hall–Kier alpha value is -2.34. The Morgan fingerprint density at radius 3 is 2.05 bits per heavy atom. The van der Waals surface area contributed by atoms with Crippen molar-refractivity contribution >= 4 is 21.7 Å². The number of para-hydroxylation sites is 1. The molecule has 0 aliphatic carbocycles. The molecule has 0 bridgehead atoms. The molecule has 0 aliphatic rings. The minimum atomic E-state index is -3.87. The fraction of sp³-hybridized carbons (Fsp3) is 0.133. The van der Waals surface area contributed by atoms with E-state index in [0.717, 1.165) is 11.1 Å². The van der Waals surface area contributed by atoms with Crippen molar-refractivity contribution < 1.29 is 13.2 Å². The topological polar surface area (TPSA) is 75.3 Å². The molecule has 2 aromatic rings. The van der Waals surface area contributed by atoms with Gasteiger partial charge in [0, 0.05) is 5.69 Å². The summed E-state index contributed by atoms with van der Waals surface area (Å²) in [5.74, 6) is 0. The lowest BCUT2D eigenvalue weighted by atomic mass is 10.1.